The van der Waals surface area contributed by atoms with Gasteiger partial charge in [-0.1, -0.05) is 54.4 Å². The molecule has 1 aliphatic carbocycles. The van der Waals surface area contributed by atoms with Gasteiger partial charge in [0.2, 0.25) is 12.2 Å². The van der Waals surface area contributed by atoms with Gasteiger partial charge in [-0.05, 0) is 48.3 Å². The number of carboxylic acid groups (broad SMARTS) is 1. The molecule has 0 amide bonds. The van der Waals surface area contributed by atoms with Gasteiger partial charge in [0.25, 0.3) is 0 Å². The van der Waals surface area contributed by atoms with Crippen molar-refractivity contribution in [2.75, 3.05) is 6.54 Å². The summed E-state index contributed by atoms with van der Waals surface area (Å²) in [4.78, 5) is 38.2. The van der Waals surface area contributed by atoms with Gasteiger partial charge in [0.1, 0.15) is 0 Å². The van der Waals surface area contributed by atoms with E-state index in [1.165, 1.54) is 6.42 Å². The second kappa shape index (κ2) is 11.9. The summed E-state index contributed by atoms with van der Waals surface area (Å²) in [6.45, 7) is 13.5. The van der Waals surface area contributed by atoms with Crippen molar-refractivity contribution in [3.8, 4) is 0 Å². The first-order chi connectivity index (χ1) is 12.8. The van der Waals surface area contributed by atoms with Crippen molar-refractivity contribution >= 4 is 18.1 Å². The van der Waals surface area contributed by atoms with Crippen LogP contribution in [0.5, 0.6) is 0 Å². The third-order valence-electron chi connectivity index (χ3n) is 5.00. The zero-order chi connectivity index (χ0) is 21.8. The van der Waals surface area contributed by atoms with Crippen molar-refractivity contribution in [3.05, 3.63) is 0 Å². The fourth-order valence-corrected chi connectivity index (χ4v) is 4.20. The normalized spacial score (nSPS) is 23.4. The van der Waals surface area contributed by atoms with Gasteiger partial charge in [0.15, 0.2) is 0 Å². The predicted molar refractivity (Wildman–Crippen MR) is 111 cm³/mol. The number of aliphatic imine (C=N–C) groups is 2. The van der Waals surface area contributed by atoms with Crippen molar-refractivity contribution in [2.45, 2.75) is 99.0 Å². The summed E-state index contributed by atoms with van der Waals surface area (Å²) in [5.74, 6) is -0.675. The molecule has 1 aliphatic rings. The molecule has 6 heteroatoms. The van der Waals surface area contributed by atoms with Gasteiger partial charge >= 0.3 is 5.97 Å². The van der Waals surface area contributed by atoms with Gasteiger partial charge < -0.3 is 5.11 Å². The van der Waals surface area contributed by atoms with E-state index in [1.54, 1.807) is 12.2 Å². The highest BCUT2D eigenvalue weighted by Crippen LogP contribution is 2.47. The molecule has 0 aromatic heterocycles. The molecule has 0 radical (unpaired) electrons. The third-order valence-corrected chi connectivity index (χ3v) is 5.00. The van der Waals surface area contributed by atoms with Crippen LogP contribution >= 0.6 is 0 Å². The summed E-state index contributed by atoms with van der Waals surface area (Å²) in [6, 6.07) is 0.00750. The fraction of sp³-hybridized carbons (Fsp3) is 0.864. The maximum Gasteiger partial charge on any atom is 0.303 e. The number of carboxylic acids is 1. The standard InChI is InChI=1S/C12H18N2O2.C10H20O2/c1-11(2)4-10(14-9-16)5-12(3,6-11)7-13-8-15;1-10(2,3)8-6-4-5-7-9(11)12/h10H,4-7H2,1-3H3;4-8H2,1-3H3,(H,11,12). The van der Waals surface area contributed by atoms with E-state index in [2.05, 4.69) is 51.5 Å². The molecule has 0 saturated heterocycles. The molecule has 2 unspecified atom stereocenters. The first-order valence-electron chi connectivity index (χ1n) is 10.1. The summed E-state index contributed by atoms with van der Waals surface area (Å²) in [5.41, 5.74) is 0.448. The number of hydrogen-bond donors (Lipinski definition) is 1. The Morgan fingerprint density at radius 3 is 2.21 bits per heavy atom. The predicted octanol–water partition coefficient (Wildman–Crippen LogP) is 5.31. The molecule has 160 valence electrons. The van der Waals surface area contributed by atoms with E-state index in [4.69, 9.17) is 5.11 Å². The largest absolute Gasteiger partial charge is 0.481 e. The van der Waals surface area contributed by atoms with Gasteiger partial charge in [-0.25, -0.2) is 19.6 Å². The molecule has 0 aromatic carbocycles. The van der Waals surface area contributed by atoms with Crippen LogP contribution in [0.4, 0.5) is 0 Å². The number of aliphatic carboxylic acids is 1. The zero-order valence-corrected chi connectivity index (χ0v) is 18.5. The maximum absolute atomic E-state index is 10.3. The van der Waals surface area contributed by atoms with Gasteiger partial charge in [-0.2, -0.15) is 0 Å². The number of isocyanates is 2. The van der Waals surface area contributed by atoms with Crippen LogP contribution in [0.2, 0.25) is 0 Å². The third kappa shape index (κ3) is 13.4. The number of nitrogens with zero attached hydrogens (tertiary/aromatic N) is 2. The van der Waals surface area contributed by atoms with Crippen LogP contribution in [0.15, 0.2) is 9.98 Å². The van der Waals surface area contributed by atoms with E-state index >= 15 is 0 Å². The SMILES string of the molecule is CC(C)(C)CCCCCC(=O)O.CC1(C)CC(N=C=O)CC(C)(CN=C=O)C1. The average Bonchev–Trinajstić information content (AvgIpc) is 2.50. The molecule has 28 heavy (non-hydrogen) atoms. The van der Waals surface area contributed by atoms with Crippen LogP contribution in [-0.2, 0) is 14.4 Å². The monoisotopic (exact) mass is 394 g/mol. The molecule has 0 aromatic rings. The van der Waals surface area contributed by atoms with Crippen molar-refractivity contribution in [1.82, 2.24) is 0 Å². The quantitative estimate of drug-likeness (QED) is 0.343. The summed E-state index contributed by atoms with van der Waals surface area (Å²) in [7, 11) is 0. The highest BCUT2D eigenvalue weighted by atomic mass is 16.4. The Kier molecular flexibility index (Phi) is 11.2. The molecule has 0 heterocycles. The number of carbonyl (C=O) groups is 1. The molecule has 0 aliphatic heterocycles. The lowest BCUT2D eigenvalue weighted by molar-refractivity contribution is -0.137. The van der Waals surface area contributed by atoms with Gasteiger partial charge in [0, 0.05) is 6.42 Å². The Morgan fingerprint density at radius 2 is 1.71 bits per heavy atom. The van der Waals surface area contributed by atoms with E-state index in [0.29, 0.717) is 18.4 Å². The molecule has 1 saturated carbocycles. The smallest absolute Gasteiger partial charge is 0.303 e. The van der Waals surface area contributed by atoms with Crippen molar-refractivity contribution in [3.63, 3.8) is 0 Å². The Hall–Kier alpha value is -1.77. The lowest BCUT2D eigenvalue weighted by Crippen LogP contribution is -2.39. The first-order valence-corrected chi connectivity index (χ1v) is 10.1. The minimum atomic E-state index is -0.675. The summed E-state index contributed by atoms with van der Waals surface area (Å²) in [5, 5.41) is 8.37. The molecule has 0 spiro atoms. The number of carbonyl (C=O) groups excluding carboxylic acids is 2. The average molecular weight is 395 g/mol. The van der Waals surface area contributed by atoms with E-state index in [0.717, 1.165) is 38.5 Å². The van der Waals surface area contributed by atoms with Gasteiger partial charge in [-0.3, -0.25) is 4.79 Å². The Morgan fingerprint density at radius 1 is 1.07 bits per heavy atom. The Balaban J connectivity index is 0.000000546. The fourth-order valence-electron chi connectivity index (χ4n) is 4.20. The van der Waals surface area contributed by atoms with Crippen molar-refractivity contribution < 1.29 is 19.5 Å². The van der Waals surface area contributed by atoms with Crippen molar-refractivity contribution in [1.29, 1.82) is 0 Å². The van der Waals surface area contributed by atoms with Crippen molar-refractivity contribution in [2.24, 2.45) is 26.2 Å². The first kappa shape index (κ1) is 26.2. The summed E-state index contributed by atoms with van der Waals surface area (Å²) >= 11 is 0. The van der Waals surface area contributed by atoms with Crippen LogP contribution in [0, 0.1) is 16.2 Å². The number of unbranched alkanes of at least 4 members (excludes halogenated alkanes) is 2. The molecule has 6 nitrogen and oxygen atoms in total. The number of rotatable bonds is 8. The lowest BCUT2D eigenvalue weighted by atomic mass is 9.63. The maximum atomic E-state index is 10.3. The lowest BCUT2D eigenvalue weighted by Gasteiger charge is -2.44. The van der Waals surface area contributed by atoms with Crippen LogP contribution in [0.25, 0.3) is 0 Å². The molecular formula is C22H38N2O4. The zero-order valence-electron chi connectivity index (χ0n) is 18.5. The second-order valence-electron chi connectivity index (χ2n) is 10.4. The molecule has 1 N–H and O–H groups in total. The minimum absolute atomic E-state index is 0.00750. The summed E-state index contributed by atoms with van der Waals surface area (Å²) < 4.78 is 0. The molecular weight excluding hydrogens is 356 g/mol. The van der Waals surface area contributed by atoms with E-state index < -0.39 is 5.97 Å². The molecule has 2 atom stereocenters. The minimum Gasteiger partial charge on any atom is -0.481 e. The number of hydrogen-bond acceptors (Lipinski definition) is 5. The van der Waals surface area contributed by atoms with E-state index in [-0.39, 0.29) is 16.9 Å². The van der Waals surface area contributed by atoms with E-state index in [9.17, 15) is 14.4 Å². The Bertz CT molecular complexity index is 582. The molecule has 1 rings (SSSR count). The van der Waals surface area contributed by atoms with Crippen LogP contribution < -0.4 is 0 Å². The molecule has 1 fully saturated rings. The topological polar surface area (TPSA) is 96.2 Å². The van der Waals surface area contributed by atoms with Crippen LogP contribution in [0.1, 0.15) is 92.9 Å². The Labute approximate surface area is 169 Å². The van der Waals surface area contributed by atoms with Crippen LogP contribution in [0.3, 0.4) is 0 Å². The summed E-state index contributed by atoms with van der Waals surface area (Å²) in [6.07, 6.45) is 10.4. The highest BCUT2D eigenvalue weighted by molar-refractivity contribution is 5.66. The van der Waals surface area contributed by atoms with Gasteiger partial charge in [-0.15, -0.1) is 0 Å². The van der Waals surface area contributed by atoms with E-state index in [1.807, 2.05) is 0 Å². The molecule has 0 bridgehead atoms. The van der Waals surface area contributed by atoms with Gasteiger partial charge in [0.05, 0.1) is 12.6 Å². The second-order valence-corrected chi connectivity index (χ2v) is 10.4. The van der Waals surface area contributed by atoms with Crippen LogP contribution in [-0.4, -0.2) is 35.8 Å². The highest BCUT2D eigenvalue weighted by Gasteiger charge is 2.41.